The summed E-state index contributed by atoms with van der Waals surface area (Å²) in [5, 5.41) is 2.26. The van der Waals surface area contributed by atoms with Gasteiger partial charge in [-0.2, -0.15) is 0 Å². The van der Waals surface area contributed by atoms with Gasteiger partial charge in [0.2, 0.25) is 0 Å². The molecule has 5 rings (SSSR count). The van der Waals surface area contributed by atoms with E-state index in [2.05, 4.69) is 50.2 Å². The van der Waals surface area contributed by atoms with E-state index in [1.807, 2.05) is 60.2 Å². The van der Waals surface area contributed by atoms with Crippen LogP contribution in [0.25, 0.3) is 27.7 Å². The van der Waals surface area contributed by atoms with E-state index in [4.69, 9.17) is 0 Å². The van der Waals surface area contributed by atoms with E-state index in [0.29, 0.717) is 11.1 Å². The highest BCUT2D eigenvalue weighted by molar-refractivity contribution is 9.10. The normalized spacial score (nSPS) is 11.1. The first-order chi connectivity index (χ1) is 14.6. The van der Waals surface area contributed by atoms with Crippen LogP contribution in [0.3, 0.4) is 0 Å². The second kappa shape index (κ2) is 7.43. The molecule has 0 atom stereocenters. The number of carbonyl (C=O) groups is 1. The fourth-order valence-corrected chi connectivity index (χ4v) is 4.36. The van der Waals surface area contributed by atoms with Crippen LogP contribution in [0.4, 0.5) is 0 Å². The third-order valence-electron chi connectivity index (χ3n) is 5.39. The van der Waals surface area contributed by atoms with Gasteiger partial charge in [0.1, 0.15) is 5.82 Å². The number of aromatic nitrogens is 3. The number of hydrogen-bond acceptors (Lipinski definition) is 2. The number of rotatable bonds is 4. The number of H-pyrrole nitrogens is 1. The molecule has 0 saturated heterocycles. The Labute approximate surface area is 182 Å². The van der Waals surface area contributed by atoms with E-state index >= 15 is 0 Å². The van der Waals surface area contributed by atoms with Gasteiger partial charge in [0.15, 0.2) is 5.78 Å². The van der Waals surface area contributed by atoms with E-state index in [0.717, 1.165) is 37.9 Å². The van der Waals surface area contributed by atoms with Crippen LogP contribution in [0.1, 0.15) is 21.6 Å². The first kappa shape index (κ1) is 18.6. The number of ketones is 1. The van der Waals surface area contributed by atoms with Crippen LogP contribution in [0.5, 0.6) is 0 Å². The van der Waals surface area contributed by atoms with Gasteiger partial charge in [-0.05, 0) is 35.4 Å². The van der Waals surface area contributed by atoms with Crippen molar-refractivity contribution in [2.45, 2.75) is 6.92 Å². The summed E-state index contributed by atoms with van der Waals surface area (Å²) in [7, 11) is 0. The molecule has 146 valence electrons. The molecule has 2 heterocycles. The second-order valence-corrected chi connectivity index (χ2v) is 8.09. The number of nitrogens with one attached hydrogen (secondary N) is 1. The maximum Gasteiger partial charge on any atom is 0.195 e. The molecule has 0 amide bonds. The number of carbonyl (C=O) groups excluding carboxylic acids is 1. The van der Waals surface area contributed by atoms with Gasteiger partial charge < -0.3 is 9.55 Å². The lowest BCUT2D eigenvalue weighted by molar-refractivity contribution is 0.103. The smallest absolute Gasteiger partial charge is 0.195 e. The maximum absolute atomic E-state index is 13.7. The van der Waals surface area contributed by atoms with E-state index < -0.39 is 0 Å². The second-order valence-electron chi connectivity index (χ2n) is 7.18. The average Bonchev–Trinajstić information content (AvgIpc) is 3.41. The molecule has 5 aromatic rings. The van der Waals surface area contributed by atoms with Gasteiger partial charge in [0.05, 0.1) is 18.1 Å². The van der Waals surface area contributed by atoms with Crippen molar-refractivity contribution >= 4 is 32.5 Å². The molecule has 0 spiro atoms. The summed E-state index contributed by atoms with van der Waals surface area (Å²) in [6.07, 6.45) is 5.42. The fraction of sp³-hybridized carbons (Fsp3) is 0.0400. The Hall–Kier alpha value is -3.44. The van der Waals surface area contributed by atoms with Gasteiger partial charge in [-0.1, -0.05) is 70.5 Å². The Morgan fingerprint density at radius 3 is 2.60 bits per heavy atom. The molecule has 0 radical (unpaired) electrons. The van der Waals surface area contributed by atoms with Crippen molar-refractivity contribution in [2.24, 2.45) is 0 Å². The molecule has 2 aromatic heterocycles. The Bertz CT molecular complexity index is 1380. The predicted octanol–water partition coefficient (Wildman–Crippen LogP) is 6.32. The topological polar surface area (TPSA) is 50.7 Å². The minimum Gasteiger partial charge on any atom is -0.331 e. The van der Waals surface area contributed by atoms with Gasteiger partial charge in [-0.3, -0.25) is 4.79 Å². The summed E-state index contributed by atoms with van der Waals surface area (Å²) in [5.41, 5.74) is 4.15. The Morgan fingerprint density at radius 1 is 1.00 bits per heavy atom. The molecule has 0 aliphatic heterocycles. The lowest BCUT2D eigenvalue weighted by atomic mass is 9.93. The summed E-state index contributed by atoms with van der Waals surface area (Å²) in [6, 6.07) is 22.0. The lowest BCUT2D eigenvalue weighted by Gasteiger charge is -2.09. The van der Waals surface area contributed by atoms with Crippen molar-refractivity contribution in [2.75, 3.05) is 0 Å². The predicted molar refractivity (Wildman–Crippen MR) is 123 cm³/mol. The minimum absolute atomic E-state index is 0.00463. The molecular weight excluding hydrogens is 438 g/mol. The summed E-state index contributed by atoms with van der Waals surface area (Å²) < 4.78 is 2.88. The molecule has 0 fully saturated rings. The molecule has 0 bridgehead atoms. The van der Waals surface area contributed by atoms with E-state index in [1.165, 1.54) is 0 Å². The molecule has 0 saturated carbocycles. The largest absolute Gasteiger partial charge is 0.331 e. The van der Waals surface area contributed by atoms with Crippen LogP contribution in [0.15, 0.2) is 89.9 Å². The summed E-state index contributed by atoms with van der Waals surface area (Å²) in [5.74, 6) is 0.817. The monoisotopic (exact) mass is 455 g/mol. The van der Waals surface area contributed by atoms with Crippen LogP contribution < -0.4 is 0 Å². The lowest BCUT2D eigenvalue weighted by Crippen LogP contribution is -2.05. The summed E-state index contributed by atoms with van der Waals surface area (Å²) in [6.45, 7) is 1.97. The zero-order chi connectivity index (χ0) is 20.7. The number of fused-ring (bicyclic) bond motifs is 1. The van der Waals surface area contributed by atoms with Crippen LogP contribution in [-0.4, -0.2) is 20.3 Å². The number of halogens is 1. The van der Waals surface area contributed by atoms with Crippen LogP contribution in [-0.2, 0) is 0 Å². The zero-order valence-electron chi connectivity index (χ0n) is 16.3. The molecule has 4 nitrogen and oxygen atoms in total. The van der Waals surface area contributed by atoms with Crippen molar-refractivity contribution in [1.29, 1.82) is 0 Å². The van der Waals surface area contributed by atoms with E-state index in [9.17, 15) is 4.79 Å². The Kier molecular flexibility index (Phi) is 4.60. The average molecular weight is 456 g/mol. The standard InChI is InChI=1S/C25H18BrN3O/c1-16-24(25(30)18-8-4-9-19(26)12-18)22(14-29(16)23-13-27-15-28-23)21-11-5-7-17-6-2-3-10-20(17)21/h2-15H,1H3,(H,27,28). The van der Waals surface area contributed by atoms with Crippen molar-refractivity contribution in [1.82, 2.24) is 14.5 Å². The first-order valence-corrected chi connectivity index (χ1v) is 10.4. The van der Waals surface area contributed by atoms with Crippen molar-refractivity contribution in [3.8, 4) is 16.9 Å². The number of aromatic amines is 1. The first-order valence-electron chi connectivity index (χ1n) is 9.62. The minimum atomic E-state index is -0.00463. The van der Waals surface area contributed by atoms with E-state index in [-0.39, 0.29) is 5.78 Å². The number of nitrogens with zero attached hydrogens (tertiary/aromatic N) is 2. The van der Waals surface area contributed by atoms with Crippen molar-refractivity contribution in [3.05, 3.63) is 107 Å². The number of benzene rings is 3. The van der Waals surface area contributed by atoms with Crippen LogP contribution in [0, 0.1) is 6.92 Å². The van der Waals surface area contributed by atoms with Gasteiger partial charge in [0, 0.05) is 27.5 Å². The number of hydrogen-bond donors (Lipinski definition) is 1. The van der Waals surface area contributed by atoms with Gasteiger partial charge in [0.25, 0.3) is 0 Å². The SMILES string of the molecule is Cc1c(C(=O)c2cccc(Br)c2)c(-c2cccc3ccccc23)cn1-c1cnc[nH]1. The Morgan fingerprint density at radius 2 is 1.80 bits per heavy atom. The van der Waals surface area contributed by atoms with Crippen LogP contribution in [0.2, 0.25) is 0 Å². The molecule has 3 aromatic carbocycles. The highest BCUT2D eigenvalue weighted by Gasteiger charge is 2.23. The summed E-state index contributed by atoms with van der Waals surface area (Å²) >= 11 is 3.48. The molecule has 0 aliphatic rings. The molecular formula is C25H18BrN3O. The molecule has 1 N–H and O–H groups in total. The number of imidazole rings is 1. The van der Waals surface area contributed by atoms with E-state index in [1.54, 1.807) is 12.5 Å². The third kappa shape index (κ3) is 3.08. The quantitative estimate of drug-likeness (QED) is 0.322. The molecule has 0 unspecified atom stereocenters. The van der Waals surface area contributed by atoms with Gasteiger partial charge in [-0.25, -0.2) is 4.98 Å². The van der Waals surface area contributed by atoms with Crippen molar-refractivity contribution < 1.29 is 4.79 Å². The highest BCUT2D eigenvalue weighted by Crippen LogP contribution is 2.36. The third-order valence-corrected chi connectivity index (χ3v) is 5.88. The van der Waals surface area contributed by atoms with Gasteiger partial charge >= 0.3 is 0 Å². The van der Waals surface area contributed by atoms with Crippen LogP contribution >= 0.6 is 15.9 Å². The molecule has 30 heavy (non-hydrogen) atoms. The van der Waals surface area contributed by atoms with Gasteiger partial charge in [-0.15, -0.1) is 0 Å². The summed E-state index contributed by atoms with van der Waals surface area (Å²) in [4.78, 5) is 21.0. The highest BCUT2D eigenvalue weighted by atomic mass is 79.9. The fourth-order valence-electron chi connectivity index (χ4n) is 3.96. The molecule has 5 heteroatoms. The Balaban J connectivity index is 1.80. The van der Waals surface area contributed by atoms with Crippen molar-refractivity contribution in [3.63, 3.8) is 0 Å². The molecule has 0 aliphatic carbocycles. The maximum atomic E-state index is 13.7. The zero-order valence-corrected chi connectivity index (χ0v) is 17.8.